The number of urea groups is 1. The topological polar surface area (TPSA) is 40.6 Å². The molecule has 0 aliphatic carbocycles. The van der Waals surface area contributed by atoms with Crippen molar-refractivity contribution in [3.05, 3.63) is 15.8 Å². The molecular weight excluding hydrogens is 236 g/mol. The second-order valence-electron chi connectivity index (χ2n) is 3.13. The van der Waals surface area contributed by atoms with Crippen LogP contribution in [0.2, 0.25) is 5.02 Å². The molecule has 0 radical (unpaired) electrons. The highest BCUT2D eigenvalue weighted by atomic mass is 35.5. The Balaban J connectivity index is 2.35. The molecule has 2 heterocycles. The molecule has 0 N–H and O–H groups in total. The summed E-state index contributed by atoms with van der Waals surface area (Å²) in [6.07, 6.45) is 0. The van der Waals surface area contributed by atoms with E-state index in [4.69, 9.17) is 11.6 Å². The van der Waals surface area contributed by atoms with E-state index in [1.54, 1.807) is 10.8 Å². The van der Waals surface area contributed by atoms with Crippen LogP contribution < -0.4 is 4.90 Å². The molecule has 2 rings (SSSR count). The average Bonchev–Trinajstić information content (AvgIpc) is 2.71. The van der Waals surface area contributed by atoms with Gasteiger partial charge in [0.05, 0.1) is 10.7 Å². The minimum Gasteiger partial charge on any atom is -0.315 e. The van der Waals surface area contributed by atoms with Gasteiger partial charge in [0.15, 0.2) is 0 Å². The molecule has 15 heavy (non-hydrogen) atoms. The van der Waals surface area contributed by atoms with E-state index in [1.807, 2.05) is 6.92 Å². The maximum Gasteiger partial charge on any atom is 0.331 e. The molecule has 0 saturated carbocycles. The lowest BCUT2D eigenvalue weighted by Gasteiger charge is -2.14. The molecule has 3 amide bonds. The minimum atomic E-state index is -0.289. The zero-order chi connectivity index (χ0) is 11.0. The Bertz CT molecular complexity index is 418. The van der Waals surface area contributed by atoms with Gasteiger partial charge in [0.2, 0.25) is 0 Å². The maximum absolute atomic E-state index is 11.8. The first-order valence-corrected chi connectivity index (χ1v) is 5.80. The highest BCUT2D eigenvalue weighted by Crippen LogP contribution is 2.32. The van der Waals surface area contributed by atoms with Crippen molar-refractivity contribution in [1.82, 2.24) is 4.90 Å². The monoisotopic (exact) mass is 244 g/mol. The van der Waals surface area contributed by atoms with E-state index < -0.39 is 0 Å². The molecule has 1 fully saturated rings. The number of hydrogen-bond acceptors (Lipinski definition) is 3. The van der Waals surface area contributed by atoms with Gasteiger partial charge in [0, 0.05) is 17.3 Å². The van der Waals surface area contributed by atoms with Gasteiger partial charge >= 0.3 is 6.03 Å². The molecule has 1 saturated heterocycles. The van der Waals surface area contributed by atoms with Gasteiger partial charge in [-0.3, -0.25) is 4.79 Å². The molecule has 4 nitrogen and oxygen atoms in total. The van der Waals surface area contributed by atoms with Crippen LogP contribution in [0.15, 0.2) is 10.8 Å². The Kier molecular flexibility index (Phi) is 2.67. The molecule has 0 bridgehead atoms. The summed E-state index contributed by atoms with van der Waals surface area (Å²) >= 11 is 7.26. The van der Waals surface area contributed by atoms with Gasteiger partial charge < -0.3 is 4.90 Å². The lowest BCUT2D eigenvalue weighted by Crippen LogP contribution is -2.32. The number of carbonyl (C=O) groups excluding carboxylic acids is 2. The first-order chi connectivity index (χ1) is 7.15. The molecule has 0 spiro atoms. The summed E-state index contributed by atoms with van der Waals surface area (Å²) in [4.78, 5) is 26.0. The van der Waals surface area contributed by atoms with Crippen molar-refractivity contribution in [1.29, 1.82) is 0 Å². The summed E-state index contributed by atoms with van der Waals surface area (Å²) in [6, 6.07) is -0.289. The van der Waals surface area contributed by atoms with Crippen LogP contribution >= 0.6 is 22.9 Å². The van der Waals surface area contributed by atoms with Gasteiger partial charge in [0.1, 0.15) is 6.54 Å². The Labute approximate surface area is 96.0 Å². The third kappa shape index (κ3) is 1.61. The number of likely N-dealkylation sites (N-methyl/N-ethyl adjacent to an activating group) is 1. The summed E-state index contributed by atoms with van der Waals surface area (Å²) in [5.74, 6) is -0.220. The minimum absolute atomic E-state index is 0.140. The Hall–Kier alpha value is -1.07. The molecule has 1 aliphatic heterocycles. The second kappa shape index (κ2) is 3.83. The van der Waals surface area contributed by atoms with Crippen LogP contribution in [0.25, 0.3) is 0 Å². The van der Waals surface area contributed by atoms with Gasteiger partial charge in [-0.2, -0.15) is 0 Å². The van der Waals surface area contributed by atoms with Crippen LogP contribution in [-0.2, 0) is 4.79 Å². The number of halogens is 1. The summed E-state index contributed by atoms with van der Waals surface area (Å²) in [7, 11) is 0. The van der Waals surface area contributed by atoms with Crippen molar-refractivity contribution in [2.45, 2.75) is 6.92 Å². The van der Waals surface area contributed by atoms with E-state index in [0.717, 1.165) is 4.90 Å². The Morgan fingerprint density at radius 1 is 1.47 bits per heavy atom. The van der Waals surface area contributed by atoms with Crippen molar-refractivity contribution in [3.63, 3.8) is 0 Å². The number of thiophene rings is 1. The van der Waals surface area contributed by atoms with Gasteiger partial charge in [-0.25, -0.2) is 9.69 Å². The number of imide groups is 1. The van der Waals surface area contributed by atoms with E-state index >= 15 is 0 Å². The van der Waals surface area contributed by atoms with E-state index in [-0.39, 0.29) is 18.5 Å². The van der Waals surface area contributed by atoms with E-state index in [9.17, 15) is 9.59 Å². The van der Waals surface area contributed by atoms with Crippen LogP contribution in [0.3, 0.4) is 0 Å². The first kappa shape index (κ1) is 10.4. The second-order valence-corrected chi connectivity index (χ2v) is 4.28. The number of amides is 3. The third-order valence-corrected chi connectivity index (χ3v) is 3.42. The van der Waals surface area contributed by atoms with Crippen molar-refractivity contribution < 1.29 is 9.59 Å². The third-order valence-electron chi connectivity index (χ3n) is 2.26. The quantitative estimate of drug-likeness (QED) is 0.749. The highest BCUT2D eigenvalue weighted by Gasteiger charge is 2.37. The molecule has 80 valence electrons. The smallest absolute Gasteiger partial charge is 0.315 e. The Morgan fingerprint density at radius 2 is 2.20 bits per heavy atom. The lowest BCUT2D eigenvalue weighted by molar-refractivity contribution is -0.116. The fourth-order valence-corrected chi connectivity index (χ4v) is 2.50. The molecule has 0 aromatic carbocycles. The summed E-state index contributed by atoms with van der Waals surface area (Å²) in [5, 5.41) is 3.85. The van der Waals surface area contributed by atoms with Gasteiger partial charge in [-0.05, 0) is 6.92 Å². The molecule has 6 heteroatoms. The number of hydrogen-bond donors (Lipinski definition) is 0. The van der Waals surface area contributed by atoms with Gasteiger partial charge in [-0.15, -0.1) is 11.3 Å². The first-order valence-electron chi connectivity index (χ1n) is 4.48. The number of nitrogens with zero attached hydrogens (tertiary/aromatic N) is 2. The standard InChI is InChI=1S/C9H9ClN2O2S/c1-2-11-3-8(13)12(9(11)14)7-5-15-4-6(7)10/h4-5H,2-3H2,1H3. The van der Waals surface area contributed by atoms with Crippen LogP contribution in [0.1, 0.15) is 6.92 Å². The predicted molar refractivity (Wildman–Crippen MR) is 59.5 cm³/mol. The van der Waals surface area contributed by atoms with Crippen molar-refractivity contribution in [2.24, 2.45) is 0 Å². The van der Waals surface area contributed by atoms with E-state index in [2.05, 4.69) is 0 Å². The van der Waals surface area contributed by atoms with Crippen LogP contribution in [0.5, 0.6) is 0 Å². The van der Waals surface area contributed by atoms with Crippen LogP contribution in [0.4, 0.5) is 10.5 Å². The fourth-order valence-electron chi connectivity index (χ4n) is 1.47. The SMILES string of the molecule is CCN1CC(=O)N(c2cscc2Cl)C1=O. The molecule has 1 aliphatic rings. The zero-order valence-corrected chi connectivity index (χ0v) is 9.64. The van der Waals surface area contributed by atoms with Crippen LogP contribution in [-0.4, -0.2) is 29.9 Å². The fraction of sp³-hybridized carbons (Fsp3) is 0.333. The number of rotatable bonds is 2. The van der Waals surface area contributed by atoms with E-state index in [1.165, 1.54) is 16.2 Å². The number of carbonyl (C=O) groups is 2. The number of anilines is 1. The molecule has 1 aromatic heterocycles. The van der Waals surface area contributed by atoms with Crippen molar-refractivity contribution >= 4 is 40.6 Å². The summed E-state index contributed by atoms with van der Waals surface area (Å²) in [5.41, 5.74) is 0.493. The summed E-state index contributed by atoms with van der Waals surface area (Å²) in [6.45, 7) is 2.51. The van der Waals surface area contributed by atoms with E-state index in [0.29, 0.717) is 17.3 Å². The Morgan fingerprint density at radius 3 is 2.67 bits per heavy atom. The molecule has 1 aromatic rings. The lowest BCUT2D eigenvalue weighted by atomic mass is 10.4. The van der Waals surface area contributed by atoms with Crippen molar-refractivity contribution in [3.8, 4) is 0 Å². The van der Waals surface area contributed by atoms with Gasteiger partial charge in [0.25, 0.3) is 5.91 Å². The normalized spacial score (nSPS) is 16.7. The zero-order valence-electron chi connectivity index (χ0n) is 8.07. The molecule has 0 unspecified atom stereocenters. The molecular formula is C9H9ClN2O2S. The highest BCUT2D eigenvalue weighted by molar-refractivity contribution is 7.09. The maximum atomic E-state index is 11.8. The van der Waals surface area contributed by atoms with Gasteiger partial charge in [-0.1, -0.05) is 11.6 Å². The predicted octanol–water partition coefficient (Wildman–Crippen LogP) is 2.19. The average molecular weight is 245 g/mol. The summed E-state index contributed by atoms with van der Waals surface area (Å²) < 4.78 is 0. The molecule has 0 atom stereocenters. The largest absolute Gasteiger partial charge is 0.331 e. The van der Waals surface area contributed by atoms with Crippen LogP contribution in [0, 0.1) is 0 Å². The van der Waals surface area contributed by atoms with Crippen molar-refractivity contribution in [2.75, 3.05) is 18.0 Å².